The number of H-pyrrole nitrogens is 1. The largest absolute Gasteiger partial charge is 0.301 e. The van der Waals surface area contributed by atoms with Crippen molar-refractivity contribution in [1.82, 2.24) is 9.97 Å². The van der Waals surface area contributed by atoms with Crippen LogP contribution in [0.2, 0.25) is 10.0 Å². The van der Waals surface area contributed by atoms with Gasteiger partial charge in [-0.3, -0.25) is 4.79 Å². The van der Waals surface area contributed by atoms with E-state index >= 15 is 0 Å². The van der Waals surface area contributed by atoms with Gasteiger partial charge in [-0.1, -0.05) is 48.0 Å². The Morgan fingerprint density at radius 3 is 2.74 bits per heavy atom. The van der Waals surface area contributed by atoms with Crippen LogP contribution in [0.4, 0.5) is 0 Å². The zero-order valence-corrected chi connectivity index (χ0v) is 12.6. The molecule has 0 unspecified atom stereocenters. The van der Waals surface area contributed by atoms with Crippen molar-refractivity contribution in [3.05, 3.63) is 55.9 Å². The van der Waals surface area contributed by atoms with Crippen LogP contribution < -0.4 is 5.56 Å². The van der Waals surface area contributed by atoms with E-state index in [9.17, 15) is 4.79 Å². The molecule has 2 aromatic rings. The van der Waals surface area contributed by atoms with E-state index in [4.69, 9.17) is 23.2 Å². The smallest absolute Gasteiger partial charge is 0.251 e. The molecule has 0 aliphatic rings. The lowest BCUT2D eigenvalue weighted by Gasteiger charge is -2.04. The van der Waals surface area contributed by atoms with Gasteiger partial charge < -0.3 is 4.98 Å². The summed E-state index contributed by atoms with van der Waals surface area (Å²) in [4.78, 5) is 18.5. The van der Waals surface area contributed by atoms with Gasteiger partial charge in [-0.05, 0) is 24.1 Å². The molecule has 0 bridgehead atoms. The number of thioether (sulfide) groups is 1. The number of halogens is 2. The minimum absolute atomic E-state index is 0.122. The second kappa shape index (κ2) is 6.46. The fraction of sp³-hybridized carbons (Fsp3) is 0.231. The van der Waals surface area contributed by atoms with Crippen LogP contribution in [0.5, 0.6) is 0 Å². The summed E-state index contributed by atoms with van der Waals surface area (Å²) < 4.78 is 0. The minimum Gasteiger partial charge on any atom is -0.301 e. The van der Waals surface area contributed by atoms with Gasteiger partial charge in [0.25, 0.3) is 5.56 Å². The fourth-order valence-corrected chi connectivity index (χ4v) is 2.67. The Morgan fingerprint density at radius 1 is 1.26 bits per heavy atom. The highest BCUT2D eigenvalue weighted by Gasteiger charge is 2.04. The Bertz CT molecular complexity index is 643. The van der Waals surface area contributed by atoms with E-state index in [0.29, 0.717) is 21.0 Å². The molecule has 0 aliphatic carbocycles. The maximum Gasteiger partial charge on any atom is 0.251 e. The first kappa shape index (κ1) is 14.4. The molecule has 2 rings (SSSR count). The minimum atomic E-state index is -0.122. The average molecular weight is 315 g/mol. The van der Waals surface area contributed by atoms with E-state index in [1.54, 1.807) is 6.07 Å². The summed E-state index contributed by atoms with van der Waals surface area (Å²) in [6.07, 6.45) is 0.740. The maximum atomic E-state index is 11.4. The summed E-state index contributed by atoms with van der Waals surface area (Å²) in [5.41, 5.74) is 1.70. The van der Waals surface area contributed by atoms with Crippen LogP contribution in [-0.4, -0.2) is 9.97 Å². The highest BCUT2D eigenvalue weighted by Crippen LogP contribution is 2.26. The fourth-order valence-electron chi connectivity index (χ4n) is 1.51. The Hall–Kier alpha value is -0.970. The van der Waals surface area contributed by atoms with E-state index in [-0.39, 0.29) is 5.56 Å². The molecule has 0 atom stereocenters. The first-order valence-corrected chi connectivity index (χ1v) is 7.49. The van der Waals surface area contributed by atoms with Crippen LogP contribution in [-0.2, 0) is 12.2 Å². The van der Waals surface area contributed by atoms with E-state index < -0.39 is 0 Å². The molecule has 0 radical (unpaired) electrons. The molecule has 0 fully saturated rings. The molecule has 0 saturated heterocycles. The van der Waals surface area contributed by atoms with Crippen LogP contribution in [0.3, 0.4) is 0 Å². The van der Waals surface area contributed by atoms with Crippen molar-refractivity contribution in [2.45, 2.75) is 24.3 Å². The molecule has 6 heteroatoms. The second-order valence-corrected chi connectivity index (χ2v) is 5.71. The summed E-state index contributed by atoms with van der Waals surface area (Å²) in [5.74, 6) is 0.674. The summed E-state index contributed by atoms with van der Waals surface area (Å²) in [6, 6.07) is 7.00. The average Bonchev–Trinajstić information content (AvgIpc) is 2.39. The predicted molar refractivity (Wildman–Crippen MR) is 80.3 cm³/mol. The van der Waals surface area contributed by atoms with Crippen molar-refractivity contribution in [2.24, 2.45) is 0 Å². The third kappa shape index (κ3) is 4.00. The van der Waals surface area contributed by atoms with E-state index in [1.807, 2.05) is 19.1 Å². The molecule has 0 saturated carbocycles. The lowest BCUT2D eigenvalue weighted by atomic mass is 10.2. The number of benzene rings is 1. The van der Waals surface area contributed by atoms with Gasteiger partial charge in [-0.15, -0.1) is 0 Å². The van der Waals surface area contributed by atoms with Crippen LogP contribution in [0.15, 0.2) is 34.2 Å². The number of aromatic amines is 1. The van der Waals surface area contributed by atoms with Crippen molar-refractivity contribution >= 4 is 35.0 Å². The van der Waals surface area contributed by atoms with Crippen LogP contribution in [0, 0.1) is 0 Å². The van der Waals surface area contributed by atoms with Gasteiger partial charge in [0, 0.05) is 17.5 Å². The van der Waals surface area contributed by atoms with Crippen molar-refractivity contribution in [3.63, 3.8) is 0 Å². The third-order valence-electron chi connectivity index (χ3n) is 2.49. The Kier molecular flexibility index (Phi) is 4.91. The van der Waals surface area contributed by atoms with Gasteiger partial charge in [-0.2, -0.15) is 0 Å². The second-order valence-electron chi connectivity index (χ2n) is 3.93. The molecular formula is C13H12Cl2N2OS. The zero-order chi connectivity index (χ0) is 13.8. The number of aromatic nitrogens is 2. The van der Waals surface area contributed by atoms with Gasteiger partial charge in [0.15, 0.2) is 5.16 Å². The summed E-state index contributed by atoms with van der Waals surface area (Å²) in [7, 11) is 0. The highest BCUT2D eigenvalue weighted by molar-refractivity contribution is 7.98. The lowest BCUT2D eigenvalue weighted by molar-refractivity contribution is 0.868. The lowest BCUT2D eigenvalue weighted by Crippen LogP contribution is -2.09. The number of nitrogens with one attached hydrogen (secondary N) is 1. The van der Waals surface area contributed by atoms with Crippen LogP contribution in [0.25, 0.3) is 0 Å². The molecule has 0 amide bonds. The van der Waals surface area contributed by atoms with Gasteiger partial charge in [0.1, 0.15) is 0 Å². The first-order valence-electron chi connectivity index (χ1n) is 5.75. The molecule has 100 valence electrons. The molecule has 1 N–H and O–H groups in total. The van der Waals surface area contributed by atoms with Crippen LogP contribution in [0.1, 0.15) is 18.2 Å². The molecule has 19 heavy (non-hydrogen) atoms. The Balaban J connectivity index is 2.11. The Morgan fingerprint density at radius 2 is 2.05 bits per heavy atom. The van der Waals surface area contributed by atoms with E-state index in [1.165, 1.54) is 17.8 Å². The van der Waals surface area contributed by atoms with Gasteiger partial charge in [0.05, 0.1) is 10.0 Å². The number of nitrogens with zero attached hydrogens (tertiary/aromatic N) is 1. The molecule has 0 aliphatic heterocycles. The normalized spacial score (nSPS) is 10.7. The summed E-state index contributed by atoms with van der Waals surface area (Å²) >= 11 is 13.3. The predicted octanol–water partition coefficient (Wildman–Crippen LogP) is 3.93. The van der Waals surface area contributed by atoms with Crippen molar-refractivity contribution in [3.8, 4) is 0 Å². The SMILES string of the molecule is CCc1cc(=O)[nH]c(SCc2ccc(Cl)c(Cl)c2)n1. The number of rotatable bonds is 4. The quantitative estimate of drug-likeness (QED) is 0.687. The van der Waals surface area contributed by atoms with Crippen molar-refractivity contribution in [2.75, 3.05) is 0 Å². The van der Waals surface area contributed by atoms with Crippen LogP contribution >= 0.6 is 35.0 Å². The maximum absolute atomic E-state index is 11.4. The van der Waals surface area contributed by atoms with Crippen molar-refractivity contribution < 1.29 is 0 Å². The monoisotopic (exact) mass is 314 g/mol. The summed E-state index contributed by atoms with van der Waals surface area (Å²) in [6.45, 7) is 1.97. The topological polar surface area (TPSA) is 45.8 Å². The number of aryl methyl sites for hydroxylation is 1. The van der Waals surface area contributed by atoms with Crippen molar-refractivity contribution in [1.29, 1.82) is 0 Å². The molecule has 1 heterocycles. The third-order valence-corrected chi connectivity index (χ3v) is 4.18. The van der Waals surface area contributed by atoms with Gasteiger partial charge in [-0.25, -0.2) is 4.98 Å². The summed E-state index contributed by atoms with van der Waals surface area (Å²) in [5, 5.41) is 1.69. The molecular weight excluding hydrogens is 303 g/mol. The zero-order valence-electron chi connectivity index (χ0n) is 10.2. The molecule has 0 spiro atoms. The van der Waals surface area contributed by atoms with Gasteiger partial charge in [0.2, 0.25) is 0 Å². The highest BCUT2D eigenvalue weighted by atomic mass is 35.5. The number of hydrogen-bond donors (Lipinski definition) is 1. The molecule has 3 nitrogen and oxygen atoms in total. The van der Waals surface area contributed by atoms with E-state index in [2.05, 4.69) is 9.97 Å². The molecule has 1 aromatic heterocycles. The Labute approximate surface area is 125 Å². The standard InChI is InChI=1S/C13H12Cl2N2OS/c1-2-9-6-12(18)17-13(16-9)19-7-8-3-4-10(14)11(15)5-8/h3-6H,2,7H2,1H3,(H,16,17,18). The molecule has 1 aromatic carbocycles. The van der Waals surface area contributed by atoms with E-state index in [0.717, 1.165) is 17.7 Å². The van der Waals surface area contributed by atoms with Gasteiger partial charge >= 0.3 is 0 Å². The first-order chi connectivity index (χ1) is 9.08. The number of hydrogen-bond acceptors (Lipinski definition) is 3.